The molecule has 3 rings (SSSR count). The van der Waals surface area contributed by atoms with Gasteiger partial charge < -0.3 is 5.11 Å². The summed E-state index contributed by atoms with van der Waals surface area (Å²) in [6.07, 6.45) is 6.15. The second-order valence-electron chi connectivity index (χ2n) is 4.47. The number of aliphatic hydroxyl groups is 1. The molecule has 0 saturated heterocycles. The fourth-order valence-electron chi connectivity index (χ4n) is 2.11. The minimum Gasteiger partial charge on any atom is -0.388 e. The van der Waals surface area contributed by atoms with Gasteiger partial charge in [0, 0.05) is 24.4 Å². The molecule has 4 nitrogen and oxygen atoms in total. The van der Waals surface area contributed by atoms with E-state index >= 15 is 0 Å². The van der Waals surface area contributed by atoms with Gasteiger partial charge >= 0.3 is 0 Å². The third-order valence-electron chi connectivity index (χ3n) is 3.13. The quantitative estimate of drug-likeness (QED) is 0.807. The molecule has 0 radical (unpaired) electrons. The van der Waals surface area contributed by atoms with Gasteiger partial charge in [0.1, 0.15) is 5.82 Å². The average Bonchev–Trinajstić information content (AvgIpc) is 2.87. The van der Waals surface area contributed by atoms with Crippen LogP contribution in [0.1, 0.15) is 17.2 Å². The summed E-state index contributed by atoms with van der Waals surface area (Å²) in [6.45, 7) is 0. The van der Waals surface area contributed by atoms with Gasteiger partial charge in [-0.1, -0.05) is 17.7 Å². The van der Waals surface area contributed by atoms with Crippen molar-refractivity contribution in [2.75, 3.05) is 0 Å². The van der Waals surface area contributed by atoms with E-state index in [1.807, 2.05) is 0 Å². The predicted octanol–water partition coefficient (Wildman–Crippen LogP) is 2.80. The van der Waals surface area contributed by atoms with Gasteiger partial charge in [0.25, 0.3) is 0 Å². The fourth-order valence-corrected chi connectivity index (χ4v) is 2.31. The van der Waals surface area contributed by atoms with Gasteiger partial charge in [-0.3, -0.25) is 4.98 Å². The van der Waals surface area contributed by atoms with E-state index in [0.717, 1.165) is 11.1 Å². The van der Waals surface area contributed by atoms with Crippen molar-refractivity contribution in [1.29, 1.82) is 0 Å². The Hall–Kier alpha value is -1.98. The van der Waals surface area contributed by atoms with E-state index < -0.39 is 11.9 Å². The minimum absolute atomic E-state index is 0.0521. The number of nitrogens with zero attached hydrogens (tertiary/aromatic N) is 3. The Morgan fingerprint density at radius 1 is 1.35 bits per heavy atom. The molecule has 0 bridgehead atoms. The van der Waals surface area contributed by atoms with Crippen molar-refractivity contribution in [1.82, 2.24) is 14.6 Å². The standard InChI is InChI=1S/C14H11ClFN3O/c15-11-5-9(1-2-12(11)16)6-14(20)10-7-18-19-4-3-17-8-13(10)19/h1-5,7-8,14,20H,6H2. The van der Waals surface area contributed by atoms with Crippen LogP contribution in [0.3, 0.4) is 0 Å². The molecule has 0 aliphatic heterocycles. The molecular weight excluding hydrogens is 281 g/mol. The van der Waals surface area contributed by atoms with Crippen LogP contribution in [0.25, 0.3) is 5.52 Å². The molecule has 1 N–H and O–H groups in total. The first-order valence-electron chi connectivity index (χ1n) is 6.04. The maximum Gasteiger partial charge on any atom is 0.141 e. The number of halogens is 2. The van der Waals surface area contributed by atoms with Gasteiger partial charge in [-0.2, -0.15) is 5.10 Å². The first kappa shape index (κ1) is 13.0. The lowest BCUT2D eigenvalue weighted by Crippen LogP contribution is -2.02. The molecule has 1 unspecified atom stereocenters. The van der Waals surface area contributed by atoms with Gasteiger partial charge in [0.2, 0.25) is 0 Å². The Labute approximate surface area is 119 Å². The largest absolute Gasteiger partial charge is 0.388 e. The highest BCUT2D eigenvalue weighted by atomic mass is 35.5. The molecule has 0 fully saturated rings. The molecule has 1 aromatic carbocycles. The van der Waals surface area contributed by atoms with Gasteiger partial charge in [0.05, 0.1) is 29.0 Å². The Morgan fingerprint density at radius 3 is 3.00 bits per heavy atom. The summed E-state index contributed by atoms with van der Waals surface area (Å²) >= 11 is 5.73. The van der Waals surface area contributed by atoms with E-state index in [0.29, 0.717) is 12.0 Å². The zero-order chi connectivity index (χ0) is 14.1. The third-order valence-corrected chi connectivity index (χ3v) is 3.42. The van der Waals surface area contributed by atoms with Gasteiger partial charge in [-0.15, -0.1) is 0 Å². The highest BCUT2D eigenvalue weighted by Crippen LogP contribution is 2.24. The molecule has 3 aromatic rings. The van der Waals surface area contributed by atoms with E-state index in [9.17, 15) is 9.50 Å². The highest BCUT2D eigenvalue weighted by molar-refractivity contribution is 6.30. The van der Waals surface area contributed by atoms with Crippen LogP contribution in [-0.4, -0.2) is 19.7 Å². The summed E-state index contributed by atoms with van der Waals surface area (Å²) in [7, 11) is 0. The van der Waals surface area contributed by atoms with Crippen LogP contribution >= 0.6 is 11.6 Å². The second-order valence-corrected chi connectivity index (χ2v) is 4.88. The van der Waals surface area contributed by atoms with Crippen molar-refractivity contribution < 1.29 is 9.50 Å². The van der Waals surface area contributed by atoms with Crippen LogP contribution in [0.15, 0.2) is 43.0 Å². The van der Waals surface area contributed by atoms with Crippen molar-refractivity contribution >= 4 is 17.1 Å². The lowest BCUT2D eigenvalue weighted by molar-refractivity contribution is 0.180. The molecule has 0 amide bonds. The van der Waals surface area contributed by atoms with E-state index in [1.165, 1.54) is 12.1 Å². The van der Waals surface area contributed by atoms with Gasteiger partial charge in [-0.05, 0) is 17.7 Å². The summed E-state index contributed by atoms with van der Waals surface area (Å²) in [5.74, 6) is -0.468. The first-order valence-corrected chi connectivity index (χ1v) is 6.42. The number of rotatable bonds is 3. The molecule has 0 spiro atoms. The Balaban J connectivity index is 1.89. The van der Waals surface area contributed by atoms with Crippen LogP contribution in [0, 0.1) is 5.82 Å². The van der Waals surface area contributed by atoms with Crippen LogP contribution in [0.5, 0.6) is 0 Å². The van der Waals surface area contributed by atoms with Crippen LogP contribution in [0.4, 0.5) is 4.39 Å². The van der Waals surface area contributed by atoms with Gasteiger partial charge in [0.15, 0.2) is 0 Å². The third kappa shape index (κ3) is 2.37. The lowest BCUT2D eigenvalue weighted by Gasteiger charge is -2.10. The summed E-state index contributed by atoms with van der Waals surface area (Å²) in [6, 6.07) is 4.42. The zero-order valence-electron chi connectivity index (χ0n) is 10.4. The zero-order valence-corrected chi connectivity index (χ0v) is 11.1. The smallest absolute Gasteiger partial charge is 0.141 e. The van der Waals surface area contributed by atoms with Crippen molar-refractivity contribution in [3.63, 3.8) is 0 Å². The van der Waals surface area contributed by atoms with E-state index in [4.69, 9.17) is 11.6 Å². The molecular formula is C14H11ClFN3O. The fraction of sp³-hybridized carbons (Fsp3) is 0.143. The summed E-state index contributed by atoms with van der Waals surface area (Å²) in [5, 5.41) is 14.5. The number of fused-ring (bicyclic) bond motifs is 1. The first-order chi connectivity index (χ1) is 9.65. The maximum atomic E-state index is 13.1. The van der Waals surface area contributed by atoms with Crippen molar-refractivity contribution in [3.05, 3.63) is 65.0 Å². The second kappa shape index (κ2) is 5.19. The Morgan fingerprint density at radius 2 is 2.20 bits per heavy atom. The SMILES string of the molecule is OC(Cc1ccc(F)c(Cl)c1)c1cnn2ccncc12. The monoisotopic (exact) mass is 291 g/mol. The number of aromatic nitrogens is 3. The molecule has 0 aliphatic rings. The molecule has 1 atom stereocenters. The number of hydrogen-bond donors (Lipinski definition) is 1. The lowest BCUT2D eigenvalue weighted by atomic mass is 10.0. The molecule has 0 aliphatic carbocycles. The Bertz CT molecular complexity index is 759. The molecule has 102 valence electrons. The van der Waals surface area contributed by atoms with E-state index in [-0.39, 0.29) is 5.02 Å². The number of benzene rings is 1. The maximum absolute atomic E-state index is 13.1. The molecule has 2 aromatic heterocycles. The van der Waals surface area contributed by atoms with E-state index in [2.05, 4.69) is 10.1 Å². The summed E-state index contributed by atoms with van der Waals surface area (Å²) < 4.78 is 14.7. The van der Waals surface area contributed by atoms with Gasteiger partial charge in [-0.25, -0.2) is 8.91 Å². The normalized spacial score (nSPS) is 12.8. The molecule has 2 heterocycles. The predicted molar refractivity (Wildman–Crippen MR) is 73.1 cm³/mol. The van der Waals surface area contributed by atoms with Crippen molar-refractivity contribution in [3.8, 4) is 0 Å². The topological polar surface area (TPSA) is 50.4 Å². The highest BCUT2D eigenvalue weighted by Gasteiger charge is 2.15. The molecule has 20 heavy (non-hydrogen) atoms. The average molecular weight is 292 g/mol. The van der Waals surface area contributed by atoms with Crippen LogP contribution < -0.4 is 0 Å². The van der Waals surface area contributed by atoms with Crippen molar-refractivity contribution in [2.45, 2.75) is 12.5 Å². The minimum atomic E-state index is -0.752. The van der Waals surface area contributed by atoms with Crippen LogP contribution in [0.2, 0.25) is 5.02 Å². The molecule has 0 saturated carbocycles. The van der Waals surface area contributed by atoms with E-state index in [1.54, 1.807) is 35.4 Å². The molecule has 6 heteroatoms. The number of aliphatic hydroxyl groups excluding tert-OH is 1. The van der Waals surface area contributed by atoms with Crippen LogP contribution in [-0.2, 0) is 6.42 Å². The van der Waals surface area contributed by atoms with Crippen molar-refractivity contribution in [2.24, 2.45) is 0 Å². The summed E-state index contributed by atoms with van der Waals surface area (Å²) in [4.78, 5) is 4.02. The Kier molecular flexibility index (Phi) is 3.38. The number of hydrogen-bond acceptors (Lipinski definition) is 3. The summed E-state index contributed by atoms with van der Waals surface area (Å²) in [5.41, 5.74) is 2.18.